The van der Waals surface area contributed by atoms with E-state index in [2.05, 4.69) is 6.92 Å². The molecule has 0 amide bonds. The van der Waals surface area contributed by atoms with Crippen molar-refractivity contribution in [1.82, 2.24) is 0 Å². The van der Waals surface area contributed by atoms with Crippen LogP contribution in [0.4, 0.5) is 0 Å². The standard InChI is InChI=1S/C15H25.C5H5.Fe/c1-2-3-4-5-6-7-8-9-12-15-13-10-11-14-15;1-2-4-5-3-1;/h10-11,13-14H,2-9,12H2,1H3;1-5H;. The van der Waals surface area contributed by atoms with Gasteiger partial charge in [0.2, 0.25) is 0 Å². The number of fused-ring (bicyclic) bond motifs is 10. The summed E-state index contributed by atoms with van der Waals surface area (Å²) in [6, 6.07) is 0. The summed E-state index contributed by atoms with van der Waals surface area (Å²) in [6.45, 7) is -0.314. The quantitative estimate of drug-likeness (QED) is 0.308. The van der Waals surface area contributed by atoms with Gasteiger partial charge in [0.15, 0.2) is 0 Å². The fraction of sp³-hybridized carbons (Fsp3) is 1.00. The van der Waals surface area contributed by atoms with Gasteiger partial charge in [0.05, 0.1) is 0 Å². The van der Waals surface area contributed by atoms with Crippen molar-refractivity contribution < 1.29 is 6.51 Å². The number of rotatable bonds is 9. The van der Waals surface area contributed by atoms with Gasteiger partial charge in [0.25, 0.3) is 0 Å². The van der Waals surface area contributed by atoms with Crippen LogP contribution in [-0.4, -0.2) is 0 Å². The third kappa shape index (κ3) is 0.140. The summed E-state index contributed by atoms with van der Waals surface area (Å²) in [6.07, 6.45) is 14.1. The summed E-state index contributed by atoms with van der Waals surface area (Å²) in [5.74, 6) is 0. The molecule has 10 aliphatic rings. The molecule has 4 atom stereocenters. The number of hydrogen-bond acceptors (Lipinski definition) is 0. The van der Waals surface area contributed by atoms with Crippen molar-refractivity contribution in [2.45, 2.75) is 112 Å². The Bertz CT molecular complexity index is 891. The second kappa shape index (κ2) is 1.02. The van der Waals surface area contributed by atoms with Crippen molar-refractivity contribution in [2.75, 3.05) is 0 Å². The molecule has 10 heterocycles. The predicted molar refractivity (Wildman–Crippen MR) is 83.7 cm³/mol. The van der Waals surface area contributed by atoms with Gasteiger partial charge in [-0.05, 0) is 0 Å². The Labute approximate surface area is 119 Å². The molecule has 4 unspecified atom stereocenters. The van der Waals surface area contributed by atoms with E-state index in [-0.39, 0.29) is 0 Å². The molecule has 0 saturated carbocycles. The maximum atomic E-state index is 2.33. The average Bonchev–Trinajstić information content (AvgIpc) is 3.44. The molecule has 21 heavy (non-hydrogen) atoms. The van der Waals surface area contributed by atoms with Crippen LogP contribution >= 0.6 is 0 Å². The van der Waals surface area contributed by atoms with E-state index in [1.165, 1.54) is 30.0 Å². The fourth-order valence-corrected chi connectivity index (χ4v) is 94.2. The van der Waals surface area contributed by atoms with E-state index in [1.807, 2.05) is 0 Å². The molecule has 0 aromatic heterocycles. The Kier molecular flexibility index (Phi) is 0.473. The summed E-state index contributed by atoms with van der Waals surface area (Å²) >= 11 is 0. The van der Waals surface area contributed by atoms with Gasteiger partial charge in [0.1, 0.15) is 0 Å². The van der Waals surface area contributed by atoms with E-state index in [1.54, 1.807) is 75.5 Å². The molecule has 10 aliphatic heterocycles. The molecule has 10 fully saturated rings. The Hall–Kier alpha value is 0.519. The van der Waals surface area contributed by atoms with Gasteiger partial charge in [0, 0.05) is 0 Å². The Morgan fingerprint density at radius 3 is 1.48 bits per heavy atom. The molecule has 10 saturated heterocycles. The van der Waals surface area contributed by atoms with Crippen molar-refractivity contribution in [1.29, 1.82) is 0 Å². The van der Waals surface area contributed by atoms with Gasteiger partial charge in [-0.25, -0.2) is 0 Å². The minimum atomic E-state index is -2.64. The second-order valence-electron chi connectivity index (χ2n) is 13.1. The zero-order valence-electron chi connectivity index (χ0n) is 13.4. The summed E-state index contributed by atoms with van der Waals surface area (Å²) in [7, 11) is 0. The van der Waals surface area contributed by atoms with E-state index in [4.69, 9.17) is 0 Å². The SMILES string of the molecule is CCCCCCCCCC[C]12[CH]3[CH]4[CH]5[CH]1[Fe]45321678[CH]2[CH]1[CH]6[CH]7[CH]28. The van der Waals surface area contributed by atoms with E-state index in [0.29, 0.717) is 0 Å². The summed E-state index contributed by atoms with van der Waals surface area (Å²) in [4.78, 5) is 14.1. The molecule has 10 rings (SSSR count). The van der Waals surface area contributed by atoms with Crippen LogP contribution in [-0.2, 0) is 6.51 Å². The van der Waals surface area contributed by atoms with Gasteiger partial charge in [-0.2, -0.15) is 0 Å². The number of hydrogen-bond donors (Lipinski definition) is 0. The fourth-order valence-electron chi connectivity index (χ4n) is 18.9. The van der Waals surface area contributed by atoms with Gasteiger partial charge >= 0.3 is 119 Å². The van der Waals surface area contributed by atoms with Crippen molar-refractivity contribution >= 4 is 0 Å². The Morgan fingerprint density at radius 1 is 0.619 bits per heavy atom. The van der Waals surface area contributed by atoms with Crippen LogP contribution in [0.3, 0.4) is 0 Å². The first-order valence-electron chi connectivity index (χ1n) is 10.3. The predicted octanol–water partition coefficient (Wildman–Crippen LogP) is 7.28. The van der Waals surface area contributed by atoms with Gasteiger partial charge in [-0.1, -0.05) is 0 Å². The Balaban J connectivity index is 0.926. The zero-order valence-corrected chi connectivity index (χ0v) is 14.5. The molecule has 0 nitrogen and oxygen atoms in total. The molecule has 1 heteroatoms. The van der Waals surface area contributed by atoms with Crippen LogP contribution in [0.1, 0.15) is 64.7 Å². The molecule has 0 aliphatic carbocycles. The van der Waals surface area contributed by atoms with E-state index in [9.17, 15) is 0 Å². The van der Waals surface area contributed by atoms with E-state index in [0.717, 1.165) is 0 Å². The first-order chi connectivity index (χ1) is 10.1. The average molecular weight is 326 g/mol. The summed E-state index contributed by atoms with van der Waals surface area (Å²) in [5.41, 5.74) is 0. The Morgan fingerprint density at radius 2 is 1.10 bits per heavy atom. The third-order valence-corrected chi connectivity index (χ3v) is 60.4. The van der Waals surface area contributed by atoms with E-state index < -0.39 is 6.51 Å². The molecule has 0 radical (unpaired) electrons. The first-order valence-corrected chi connectivity index (χ1v) is 16.6. The molecule has 0 aromatic rings. The van der Waals surface area contributed by atoms with Crippen molar-refractivity contribution in [3.05, 3.63) is 0 Å². The van der Waals surface area contributed by atoms with Crippen LogP contribution in [0, 0.1) is 0 Å². The molecular weight excluding hydrogens is 296 g/mol. The molecule has 0 N–H and O–H groups in total. The monoisotopic (exact) mass is 326 g/mol. The topological polar surface area (TPSA) is 0 Å². The van der Waals surface area contributed by atoms with Crippen LogP contribution in [0.5, 0.6) is 0 Å². The summed E-state index contributed by atoms with van der Waals surface area (Å²) < 4.78 is 1.24. The molecule has 0 aromatic carbocycles. The summed E-state index contributed by atoms with van der Waals surface area (Å²) in [5, 5.41) is 0. The molecule has 0 bridgehead atoms. The van der Waals surface area contributed by atoms with Gasteiger partial charge < -0.3 is 0 Å². The van der Waals surface area contributed by atoms with Gasteiger partial charge in [-0.3, -0.25) is 0 Å². The second-order valence-corrected chi connectivity index (χ2v) is 36.7. The normalized spacial score (nSPS) is 98.8. The van der Waals surface area contributed by atoms with Crippen molar-refractivity contribution in [3.63, 3.8) is 0 Å². The van der Waals surface area contributed by atoms with Crippen molar-refractivity contribution in [2.24, 2.45) is 0 Å². The van der Waals surface area contributed by atoms with Crippen LogP contribution in [0.15, 0.2) is 0 Å². The van der Waals surface area contributed by atoms with Crippen molar-refractivity contribution in [3.8, 4) is 0 Å². The molecular formula is C20H30Fe. The number of unbranched alkanes of at least 4 members (excludes halogenated alkanes) is 7. The van der Waals surface area contributed by atoms with E-state index >= 15 is 0 Å². The van der Waals surface area contributed by atoms with Gasteiger partial charge in [-0.15, -0.1) is 0 Å². The third-order valence-electron chi connectivity index (χ3n) is 17.4. The van der Waals surface area contributed by atoms with Crippen LogP contribution in [0.2, 0.25) is 47.7 Å². The molecule has 1 spiro atoms. The zero-order chi connectivity index (χ0) is 13.4. The maximum absolute atomic E-state index is 2.64. The first kappa shape index (κ1) is 9.73. The van der Waals surface area contributed by atoms with Crippen LogP contribution in [0.25, 0.3) is 0 Å². The molecule has 118 valence electrons. The van der Waals surface area contributed by atoms with Crippen LogP contribution < -0.4 is 0 Å². The minimum absolute atomic E-state index is 1.24.